The van der Waals surface area contributed by atoms with Gasteiger partial charge in [-0.3, -0.25) is 14.2 Å². The van der Waals surface area contributed by atoms with Crippen LogP contribution in [0.5, 0.6) is 0 Å². The second-order valence-corrected chi connectivity index (χ2v) is 8.74. The highest BCUT2D eigenvalue weighted by Gasteiger charge is 2.23. The van der Waals surface area contributed by atoms with E-state index < -0.39 is 0 Å². The Bertz CT molecular complexity index is 1110. The third-order valence-corrected chi connectivity index (χ3v) is 6.23. The van der Waals surface area contributed by atoms with Gasteiger partial charge >= 0.3 is 0 Å². The van der Waals surface area contributed by atoms with Crippen LogP contribution in [-0.2, 0) is 4.79 Å². The van der Waals surface area contributed by atoms with E-state index in [0.29, 0.717) is 33.9 Å². The lowest BCUT2D eigenvalue weighted by molar-refractivity contribution is -0.132. The van der Waals surface area contributed by atoms with Gasteiger partial charge in [0.25, 0.3) is 5.56 Å². The first-order valence-electron chi connectivity index (χ1n) is 11.5. The summed E-state index contributed by atoms with van der Waals surface area (Å²) in [5.41, 5.74) is 1.15. The summed E-state index contributed by atoms with van der Waals surface area (Å²) in [6, 6.07) is 14.0. The fourth-order valence-corrected chi connectivity index (χ4v) is 4.02. The molecule has 0 radical (unpaired) electrons. The molecule has 1 aromatic heterocycles. The third kappa shape index (κ3) is 5.57. The second-order valence-electron chi connectivity index (χ2n) is 8.30. The number of carbonyl (C=O) groups excluding carboxylic acids is 1. The molecule has 5 nitrogen and oxygen atoms in total. The van der Waals surface area contributed by atoms with Gasteiger partial charge in [0.1, 0.15) is 5.82 Å². The van der Waals surface area contributed by atoms with Gasteiger partial charge in [-0.25, -0.2) is 4.98 Å². The van der Waals surface area contributed by atoms with Crippen molar-refractivity contribution in [3.8, 4) is 5.69 Å². The topological polar surface area (TPSA) is 55.2 Å². The maximum atomic E-state index is 13.4. The summed E-state index contributed by atoms with van der Waals surface area (Å²) in [6.45, 7) is 4.12. The molecule has 0 saturated heterocycles. The van der Waals surface area contributed by atoms with Crippen LogP contribution in [-0.4, -0.2) is 27.4 Å². The molecule has 3 rings (SSSR count). The summed E-state index contributed by atoms with van der Waals surface area (Å²) >= 11 is 6.06. The summed E-state index contributed by atoms with van der Waals surface area (Å²) in [5, 5.41) is 1.14. The van der Waals surface area contributed by atoms with Crippen LogP contribution in [0, 0.1) is 0 Å². The van der Waals surface area contributed by atoms with Crippen molar-refractivity contribution >= 4 is 28.4 Å². The van der Waals surface area contributed by atoms with Gasteiger partial charge in [-0.2, -0.15) is 0 Å². The van der Waals surface area contributed by atoms with Gasteiger partial charge in [-0.1, -0.05) is 62.8 Å². The molecular weight excluding hydrogens is 422 g/mol. The molecule has 32 heavy (non-hydrogen) atoms. The fraction of sp³-hybridized carbons (Fsp3) is 0.423. The Morgan fingerprint density at radius 1 is 1.03 bits per heavy atom. The second kappa shape index (κ2) is 11.3. The van der Waals surface area contributed by atoms with Crippen LogP contribution >= 0.6 is 11.6 Å². The Balaban J connectivity index is 1.89. The van der Waals surface area contributed by atoms with Gasteiger partial charge in [0.15, 0.2) is 0 Å². The number of hydrogen-bond acceptors (Lipinski definition) is 3. The van der Waals surface area contributed by atoms with Crippen molar-refractivity contribution in [1.29, 1.82) is 0 Å². The normalized spacial score (nSPS) is 12.1. The van der Waals surface area contributed by atoms with E-state index in [1.807, 2.05) is 25.1 Å². The SMILES string of the molecule is CCCCCCCCC(=O)N(C)C(C)c1nc2ccccc2c(=O)n1-c1ccc(Cl)cc1. The minimum Gasteiger partial charge on any atom is -0.336 e. The number of aromatic nitrogens is 2. The average Bonchev–Trinajstić information content (AvgIpc) is 2.81. The van der Waals surface area contributed by atoms with E-state index in [2.05, 4.69) is 6.92 Å². The fourth-order valence-electron chi connectivity index (χ4n) is 3.89. The number of nitrogens with zero attached hydrogens (tertiary/aromatic N) is 3. The molecule has 0 aliphatic rings. The van der Waals surface area contributed by atoms with Gasteiger partial charge in [-0.15, -0.1) is 0 Å². The average molecular weight is 454 g/mol. The number of benzene rings is 2. The van der Waals surface area contributed by atoms with E-state index in [4.69, 9.17) is 16.6 Å². The summed E-state index contributed by atoms with van der Waals surface area (Å²) in [5.74, 6) is 0.605. The molecule has 0 aliphatic heterocycles. The standard InChI is InChI=1S/C26H32ClN3O2/c1-4-5-6-7-8-9-14-24(31)29(3)19(2)25-28-23-13-11-10-12-22(23)26(32)30(25)21-17-15-20(27)16-18-21/h10-13,15-19H,4-9,14H2,1-3H3. The predicted molar refractivity (Wildman–Crippen MR) is 132 cm³/mol. The van der Waals surface area contributed by atoms with Gasteiger partial charge in [0.05, 0.1) is 22.6 Å². The lowest BCUT2D eigenvalue weighted by Gasteiger charge is -2.27. The highest BCUT2D eigenvalue weighted by atomic mass is 35.5. The van der Waals surface area contributed by atoms with E-state index in [1.54, 1.807) is 46.8 Å². The Morgan fingerprint density at radius 3 is 2.41 bits per heavy atom. The number of para-hydroxylation sites is 1. The summed E-state index contributed by atoms with van der Waals surface area (Å²) < 4.78 is 1.60. The lowest BCUT2D eigenvalue weighted by Crippen LogP contribution is -2.34. The molecule has 1 unspecified atom stereocenters. The van der Waals surface area contributed by atoms with Crippen molar-refractivity contribution < 1.29 is 4.79 Å². The summed E-state index contributed by atoms with van der Waals surface area (Å²) in [4.78, 5) is 32.8. The number of amides is 1. The molecule has 1 atom stereocenters. The third-order valence-electron chi connectivity index (χ3n) is 5.98. The van der Waals surface area contributed by atoms with E-state index in [0.717, 1.165) is 12.8 Å². The molecule has 0 bridgehead atoms. The van der Waals surface area contributed by atoms with Crippen LogP contribution in [0.25, 0.3) is 16.6 Å². The van der Waals surface area contributed by atoms with Crippen molar-refractivity contribution in [3.63, 3.8) is 0 Å². The zero-order chi connectivity index (χ0) is 23.1. The van der Waals surface area contributed by atoms with Crippen LogP contribution in [0.2, 0.25) is 5.02 Å². The molecule has 170 valence electrons. The number of hydrogen-bond donors (Lipinski definition) is 0. The molecule has 1 heterocycles. The van der Waals surface area contributed by atoms with Gasteiger partial charge in [0.2, 0.25) is 5.91 Å². The van der Waals surface area contributed by atoms with Crippen LogP contribution < -0.4 is 5.56 Å². The number of rotatable bonds is 10. The number of carbonyl (C=O) groups is 1. The van der Waals surface area contributed by atoms with Gasteiger partial charge in [0, 0.05) is 18.5 Å². The molecule has 0 fully saturated rings. The number of fused-ring (bicyclic) bond motifs is 1. The molecular formula is C26H32ClN3O2. The van der Waals surface area contributed by atoms with E-state index >= 15 is 0 Å². The number of halogens is 1. The van der Waals surface area contributed by atoms with Crippen molar-refractivity contribution in [2.24, 2.45) is 0 Å². The molecule has 0 spiro atoms. The van der Waals surface area contributed by atoms with Crippen molar-refractivity contribution in [2.75, 3.05) is 7.05 Å². The Kier molecular flexibility index (Phi) is 8.46. The summed E-state index contributed by atoms with van der Waals surface area (Å²) in [6.07, 6.45) is 7.32. The van der Waals surface area contributed by atoms with E-state index in [9.17, 15) is 9.59 Å². The Morgan fingerprint density at radius 2 is 1.69 bits per heavy atom. The molecule has 0 N–H and O–H groups in total. The molecule has 6 heteroatoms. The van der Waals surface area contributed by atoms with Crippen LogP contribution in [0.15, 0.2) is 53.3 Å². The minimum absolute atomic E-state index is 0.0676. The van der Waals surface area contributed by atoms with Gasteiger partial charge in [-0.05, 0) is 49.7 Å². The number of unbranched alkanes of at least 4 members (excludes halogenated alkanes) is 5. The molecule has 0 saturated carbocycles. The zero-order valence-electron chi connectivity index (χ0n) is 19.2. The first kappa shape index (κ1) is 24.0. The van der Waals surface area contributed by atoms with Crippen molar-refractivity contribution in [3.05, 3.63) is 69.7 Å². The first-order valence-corrected chi connectivity index (χ1v) is 11.8. The lowest BCUT2D eigenvalue weighted by atomic mass is 10.1. The van der Waals surface area contributed by atoms with E-state index in [-0.39, 0.29) is 17.5 Å². The first-order chi connectivity index (χ1) is 15.4. The Labute approximate surface area is 195 Å². The maximum Gasteiger partial charge on any atom is 0.266 e. The van der Waals surface area contributed by atoms with Gasteiger partial charge < -0.3 is 4.90 Å². The van der Waals surface area contributed by atoms with Crippen molar-refractivity contribution in [1.82, 2.24) is 14.5 Å². The predicted octanol–water partition coefficient (Wildman–Crippen LogP) is 6.31. The van der Waals surface area contributed by atoms with E-state index in [1.165, 1.54) is 25.7 Å². The Hall–Kier alpha value is -2.66. The van der Waals surface area contributed by atoms with Crippen LogP contribution in [0.1, 0.15) is 70.7 Å². The molecule has 1 amide bonds. The zero-order valence-corrected chi connectivity index (χ0v) is 19.9. The van der Waals surface area contributed by atoms with Crippen molar-refractivity contribution in [2.45, 2.75) is 64.8 Å². The van der Waals surface area contributed by atoms with Crippen LogP contribution in [0.3, 0.4) is 0 Å². The maximum absolute atomic E-state index is 13.4. The molecule has 3 aromatic rings. The molecule has 0 aliphatic carbocycles. The highest BCUT2D eigenvalue weighted by molar-refractivity contribution is 6.30. The quantitative estimate of drug-likeness (QED) is 0.338. The smallest absolute Gasteiger partial charge is 0.266 e. The largest absolute Gasteiger partial charge is 0.336 e. The summed E-state index contributed by atoms with van der Waals surface area (Å²) in [7, 11) is 1.79. The highest BCUT2D eigenvalue weighted by Crippen LogP contribution is 2.23. The minimum atomic E-state index is -0.365. The molecule has 2 aromatic carbocycles. The monoisotopic (exact) mass is 453 g/mol. The van der Waals surface area contributed by atoms with Crippen LogP contribution in [0.4, 0.5) is 0 Å².